The Morgan fingerprint density at radius 2 is 2.10 bits per heavy atom. The van der Waals surface area contributed by atoms with E-state index in [0.29, 0.717) is 12.6 Å². The zero-order chi connectivity index (χ0) is 14.6. The van der Waals surface area contributed by atoms with Crippen LogP contribution in [0.2, 0.25) is 0 Å². The van der Waals surface area contributed by atoms with Crippen LogP contribution in [-0.2, 0) is 6.54 Å². The number of hydrogen-bond acceptors (Lipinski definition) is 3. The van der Waals surface area contributed by atoms with E-state index in [1.54, 1.807) is 0 Å². The molecule has 1 aliphatic carbocycles. The maximum Gasteiger partial charge on any atom is 0.0499 e. The second-order valence-corrected chi connectivity index (χ2v) is 7.95. The van der Waals surface area contributed by atoms with E-state index >= 15 is 0 Å². The van der Waals surface area contributed by atoms with Crippen molar-refractivity contribution in [3.8, 4) is 0 Å². The molecule has 1 aromatic rings. The molecule has 114 valence electrons. The lowest BCUT2D eigenvalue weighted by Crippen LogP contribution is -2.44. The number of nitrogens with zero attached hydrogens (tertiary/aromatic N) is 1. The van der Waals surface area contributed by atoms with Crippen LogP contribution >= 0.6 is 11.3 Å². The summed E-state index contributed by atoms with van der Waals surface area (Å²) in [4.78, 5) is 3.97. The average molecular weight is 295 g/mol. The van der Waals surface area contributed by atoms with E-state index in [2.05, 4.69) is 43.2 Å². The smallest absolute Gasteiger partial charge is 0.0499 e. The SMILES string of the molecule is CC1CCC(CO)(CN(Cc2cccs2)C(C)C)CC1. The van der Waals surface area contributed by atoms with Crippen molar-refractivity contribution in [3.63, 3.8) is 0 Å². The summed E-state index contributed by atoms with van der Waals surface area (Å²) in [6.45, 7) is 9.27. The minimum absolute atomic E-state index is 0.133. The van der Waals surface area contributed by atoms with Crippen molar-refractivity contribution in [2.24, 2.45) is 11.3 Å². The zero-order valence-electron chi connectivity index (χ0n) is 13.1. The highest BCUT2D eigenvalue weighted by atomic mass is 32.1. The summed E-state index contributed by atoms with van der Waals surface area (Å²) < 4.78 is 0. The molecule has 1 fully saturated rings. The lowest BCUT2D eigenvalue weighted by Gasteiger charge is -2.42. The largest absolute Gasteiger partial charge is 0.396 e. The van der Waals surface area contributed by atoms with Crippen LogP contribution in [0, 0.1) is 11.3 Å². The van der Waals surface area contributed by atoms with Gasteiger partial charge in [0.2, 0.25) is 0 Å². The zero-order valence-corrected chi connectivity index (χ0v) is 14.0. The molecule has 20 heavy (non-hydrogen) atoms. The molecule has 1 aliphatic rings. The fourth-order valence-electron chi connectivity index (χ4n) is 3.20. The van der Waals surface area contributed by atoms with E-state index in [1.165, 1.54) is 30.6 Å². The average Bonchev–Trinajstić information content (AvgIpc) is 2.94. The summed E-state index contributed by atoms with van der Waals surface area (Å²) in [5.41, 5.74) is 0.133. The molecule has 1 saturated carbocycles. The Hall–Kier alpha value is -0.380. The Balaban J connectivity index is 2.02. The van der Waals surface area contributed by atoms with E-state index in [0.717, 1.165) is 19.0 Å². The van der Waals surface area contributed by atoms with Gasteiger partial charge in [-0.25, -0.2) is 0 Å². The van der Waals surface area contributed by atoms with Gasteiger partial charge in [0.1, 0.15) is 0 Å². The number of aliphatic hydroxyl groups is 1. The van der Waals surface area contributed by atoms with Crippen LogP contribution in [0.25, 0.3) is 0 Å². The van der Waals surface area contributed by atoms with Crippen LogP contribution in [0.3, 0.4) is 0 Å². The highest BCUT2D eigenvalue weighted by Gasteiger charge is 2.35. The number of thiophene rings is 1. The number of aliphatic hydroxyl groups excluding tert-OH is 1. The fourth-order valence-corrected chi connectivity index (χ4v) is 3.92. The number of hydrogen-bond donors (Lipinski definition) is 1. The van der Waals surface area contributed by atoms with Crippen molar-refractivity contribution in [1.29, 1.82) is 0 Å². The molecule has 3 heteroatoms. The molecule has 0 aliphatic heterocycles. The van der Waals surface area contributed by atoms with Gasteiger partial charge in [0, 0.05) is 36.0 Å². The van der Waals surface area contributed by atoms with Gasteiger partial charge < -0.3 is 5.11 Å². The quantitative estimate of drug-likeness (QED) is 0.852. The van der Waals surface area contributed by atoms with Crippen molar-refractivity contribution in [2.45, 2.75) is 59.0 Å². The van der Waals surface area contributed by atoms with Crippen molar-refractivity contribution in [2.75, 3.05) is 13.2 Å². The molecule has 2 nitrogen and oxygen atoms in total. The number of rotatable bonds is 6. The Labute approximate surface area is 127 Å². The van der Waals surface area contributed by atoms with Gasteiger partial charge in [-0.2, -0.15) is 0 Å². The first kappa shape index (κ1) is 16.0. The van der Waals surface area contributed by atoms with E-state index in [-0.39, 0.29) is 5.41 Å². The van der Waals surface area contributed by atoms with Gasteiger partial charge >= 0.3 is 0 Å². The third-order valence-electron chi connectivity index (χ3n) is 4.88. The second kappa shape index (κ2) is 7.06. The lowest BCUT2D eigenvalue weighted by atomic mass is 9.71. The molecular weight excluding hydrogens is 266 g/mol. The van der Waals surface area contributed by atoms with Crippen molar-refractivity contribution in [3.05, 3.63) is 22.4 Å². The molecule has 0 radical (unpaired) electrons. The predicted octanol–water partition coefficient (Wildman–Crippen LogP) is 4.15. The molecule has 0 bridgehead atoms. The van der Waals surface area contributed by atoms with E-state index in [9.17, 15) is 5.11 Å². The summed E-state index contributed by atoms with van der Waals surface area (Å²) in [6.07, 6.45) is 4.90. The van der Waals surface area contributed by atoms with E-state index in [1.807, 2.05) is 11.3 Å². The molecule has 0 saturated heterocycles. The Morgan fingerprint density at radius 3 is 2.60 bits per heavy atom. The van der Waals surface area contributed by atoms with Crippen LogP contribution < -0.4 is 0 Å². The van der Waals surface area contributed by atoms with Crippen LogP contribution in [0.1, 0.15) is 51.3 Å². The Morgan fingerprint density at radius 1 is 1.40 bits per heavy atom. The summed E-state index contributed by atoms with van der Waals surface area (Å²) in [7, 11) is 0. The first-order valence-electron chi connectivity index (χ1n) is 7.92. The van der Waals surface area contributed by atoms with Crippen LogP contribution in [0.15, 0.2) is 17.5 Å². The summed E-state index contributed by atoms with van der Waals surface area (Å²) in [6, 6.07) is 4.87. The van der Waals surface area contributed by atoms with Gasteiger partial charge in [0.25, 0.3) is 0 Å². The first-order chi connectivity index (χ1) is 9.54. The van der Waals surface area contributed by atoms with Gasteiger partial charge in [0.05, 0.1) is 0 Å². The molecular formula is C17H29NOS. The Kier molecular flexibility index (Phi) is 5.65. The molecule has 0 spiro atoms. The highest BCUT2D eigenvalue weighted by molar-refractivity contribution is 7.09. The molecule has 0 amide bonds. The van der Waals surface area contributed by atoms with Gasteiger partial charge in [-0.3, -0.25) is 4.90 Å². The maximum absolute atomic E-state index is 9.96. The third kappa shape index (κ3) is 4.06. The van der Waals surface area contributed by atoms with Gasteiger partial charge in [-0.1, -0.05) is 25.8 Å². The molecule has 0 atom stereocenters. The third-order valence-corrected chi connectivity index (χ3v) is 5.74. The second-order valence-electron chi connectivity index (χ2n) is 6.92. The summed E-state index contributed by atoms with van der Waals surface area (Å²) in [5.74, 6) is 0.833. The van der Waals surface area contributed by atoms with E-state index < -0.39 is 0 Å². The van der Waals surface area contributed by atoms with Crippen molar-refractivity contribution in [1.82, 2.24) is 4.90 Å². The minimum atomic E-state index is 0.133. The highest BCUT2D eigenvalue weighted by Crippen LogP contribution is 2.39. The fraction of sp³-hybridized carbons (Fsp3) is 0.765. The van der Waals surface area contributed by atoms with Gasteiger partial charge in [-0.05, 0) is 44.1 Å². The molecule has 1 N–H and O–H groups in total. The normalized spacial score (nSPS) is 27.4. The minimum Gasteiger partial charge on any atom is -0.396 e. The topological polar surface area (TPSA) is 23.5 Å². The predicted molar refractivity (Wildman–Crippen MR) is 87.0 cm³/mol. The molecule has 1 aromatic heterocycles. The van der Waals surface area contributed by atoms with Crippen LogP contribution in [0.5, 0.6) is 0 Å². The molecule has 2 rings (SSSR count). The molecule has 0 aromatic carbocycles. The molecule has 0 unspecified atom stereocenters. The van der Waals surface area contributed by atoms with Crippen LogP contribution in [-0.4, -0.2) is 29.2 Å². The monoisotopic (exact) mass is 295 g/mol. The lowest BCUT2D eigenvalue weighted by molar-refractivity contribution is 0.0174. The standard InChI is InChI=1S/C17H29NOS/c1-14(2)18(11-16-5-4-10-20-16)12-17(13-19)8-6-15(3)7-9-17/h4-5,10,14-15,19H,6-9,11-13H2,1-3H3. The Bertz CT molecular complexity index is 380. The van der Waals surface area contributed by atoms with Gasteiger partial charge in [0.15, 0.2) is 0 Å². The first-order valence-corrected chi connectivity index (χ1v) is 8.80. The molecule has 1 heterocycles. The maximum atomic E-state index is 9.96. The van der Waals surface area contributed by atoms with Crippen molar-refractivity contribution >= 4 is 11.3 Å². The summed E-state index contributed by atoms with van der Waals surface area (Å²) in [5, 5.41) is 12.1. The van der Waals surface area contributed by atoms with Crippen LogP contribution in [0.4, 0.5) is 0 Å². The van der Waals surface area contributed by atoms with Crippen molar-refractivity contribution < 1.29 is 5.11 Å². The van der Waals surface area contributed by atoms with E-state index in [4.69, 9.17) is 0 Å². The van der Waals surface area contributed by atoms with Gasteiger partial charge in [-0.15, -0.1) is 11.3 Å². The summed E-state index contributed by atoms with van der Waals surface area (Å²) >= 11 is 1.83.